The van der Waals surface area contributed by atoms with E-state index >= 15 is 0 Å². The van der Waals surface area contributed by atoms with Gasteiger partial charge in [0.05, 0.1) is 6.61 Å². The molecule has 0 amide bonds. The zero-order chi connectivity index (χ0) is 11.3. The van der Waals surface area contributed by atoms with Crippen LogP contribution < -0.4 is 5.32 Å². The lowest BCUT2D eigenvalue weighted by Gasteiger charge is -2.37. The molecule has 1 aromatic rings. The number of nitrogens with one attached hydrogen (secondary N) is 1. The van der Waals surface area contributed by atoms with Crippen molar-refractivity contribution < 1.29 is 4.74 Å². The summed E-state index contributed by atoms with van der Waals surface area (Å²) in [7, 11) is 0. The van der Waals surface area contributed by atoms with Crippen molar-refractivity contribution in [1.82, 2.24) is 5.32 Å². The van der Waals surface area contributed by atoms with Crippen LogP contribution in [0, 0.1) is 0 Å². The molecule has 0 saturated carbocycles. The molecule has 1 unspecified atom stereocenters. The molecule has 0 aliphatic carbocycles. The number of hydrogen-bond acceptors (Lipinski definition) is 3. The molecule has 1 aromatic carbocycles. The molecule has 0 bridgehead atoms. The standard InChI is InChI=1S/C13H17NOS/c1-2-10-16-13(11-14-8-9-15-13)12-6-4-3-5-7-12/h2-7,14H,1,8-11H2. The van der Waals surface area contributed by atoms with E-state index in [4.69, 9.17) is 4.74 Å². The van der Waals surface area contributed by atoms with Gasteiger partial charge in [0.15, 0.2) is 4.93 Å². The maximum Gasteiger partial charge on any atom is 0.151 e. The van der Waals surface area contributed by atoms with Crippen LogP contribution >= 0.6 is 11.8 Å². The van der Waals surface area contributed by atoms with E-state index in [1.807, 2.05) is 12.1 Å². The van der Waals surface area contributed by atoms with Gasteiger partial charge in [-0.3, -0.25) is 0 Å². The molecule has 0 aromatic heterocycles. The summed E-state index contributed by atoms with van der Waals surface area (Å²) < 4.78 is 6.01. The number of thioether (sulfide) groups is 1. The smallest absolute Gasteiger partial charge is 0.151 e. The molecule has 1 saturated heterocycles. The molecule has 2 rings (SSSR count). The summed E-state index contributed by atoms with van der Waals surface area (Å²) in [5.41, 5.74) is 1.23. The van der Waals surface area contributed by atoms with Gasteiger partial charge in [-0.2, -0.15) is 0 Å². The Bertz CT molecular complexity index is 333. The predicted molar refractivity (Wildman–Crippen MR) is 69.6 cm³/mol. The largest absolute Gasteiger partial charge is 0.357 e. The summed E-state index contributed by atoms with van der Waals surface area (Å²) in [6.07, 6.45) is 1.92. The minimum absolute atomic E-state index is 0.242. The highest BCUT2D eigenvalue weighted by atomic mass is 32.2. The SMILES string of the molecule is C=CCSC1(c2ccccc2)CNCCO1. The third-order valence-corrected chi connectivity index (χ3v) is 3.99. The molecule has 1 atom stereocenters. The summed E-state index contributed by atoms with van der Waals surface area (Å²) in [5.74, 6) is 0.899. The summed E-state index contributed by atoms with van der Waals surface area (Å²) in [5, 5.41) is 3.40. The fraction of sp³-hybridized carbons (Fsp3) is 0.385. The molecule has 16 heavy (non-hydrogen) atoms. The Morgan fingerprint density at radius 2 is 2.25 bits per heavy atom. The van der Waals surface area contributed by atoms with Crippen molar-refractivity contribution in [2.75, 3.05) is 25.4 Å². The van der Waals surface area contributed by atoms with E-state index in [2.05, 4.69) is 36.2 Å². The van der Waals surface area contributed by atoms with Crippen LogP contribution in [0.2, 0.25) is 0 Å². The third kappa shape index (κ3) is 2.48. The van der Waals surface area contributed by atoms with Crippen LogP contribution in [0.5, 0.6) is 0 Å². The first-order valence-electron chi connectivity index (χ1n) is 5.52. The first kappa shape index (κ1) is 11.7. The normalized spacial score (nSPS) is 25.2. The number of benzene rings is 1. The maximum atomic E-state index is 6.01. The number of rotatable bonds is 4. The lowest BCUT2D eigenvalue weighted by molar-refractivity contribution is -0.000862. The summed E-state index contributed by atoms with van der Waals surface area (Å²) in [4.78, 5) is -0.242. The van der Waals surface area contributed by atoms with E-state index in [0.29, 0.717) is 0 Å². The fourth-order valence-corrected chi connectivity index (χ4v) is 2.90. The van der Waals surface area contributed by atoms with Crippen LogP contribution in [-0.2, 0) is 9.67 Å². The van der Waals surface area contributed by atoms with Crippen LogP contribution in [0.25, 0.3) is 0 Å². The van der Waals surface area contributed by atoms with Gasteiger partial charge >= 0.3 is 0 Å². The number of ether oxygens (including phenoxy) is 1. The van der Waals surface area contributed by atoms with E-state index in [1.54, 1.807) is 11.8 Å². The van der Waals surface area contributed by atoms with Crippen LogP contribution in [0.15, 0.2) is 43.0 Å². The van der Waals surface area contributed by atoms with E-state index in [0.717, 1.165) is 25.4 Å². The molecule has 3 heteroatoms. The second kappa shape index (κ2) is 5.53. The monoisotopic (exact) mass is 235 g/mol. The van der Waals surface area contributed by atoms with Crippen LogP contribution in [0.4, 0.5) is 0 Å². The van der Waals surface area contributed by atoms with Gasteiger partial charge in [-0.25, -0.2) is 0 Å². The van der Waals surface area contributed by atoms with Crippen LogP contribution in [-0.4, -0.2) is 25.4 Å². The molecular formula is C13H17NOS. The number of hydrogen-bond donors (Lipinski definition) is 1. The van der Waals surface area contributed by atoms with Crippen molar-refractivity contribution >= 4 is 11.8 Å². The minimum atomic E-state index is -0.242. The summed E-state index contributed by atoms with van der Waals surface area (Å²) >= 11 is 1.80. The minimum Gasteiger partial charge on any atom is -0.357 e. The fourth-order valence-electron chi connectivity index (χ4n) is 1.84. The molecule has 86 valence electrons. The van der Waals surface area contributed by atoms with Gasteiger partial charge in [-0.1, -0.05) is 36.4 Å². The van der Waals surface area contributed by atoms with E-state index in [-0.39, 0.29) is 4.93 Å². The Morgan fingerprint density at radius 3 is 2.88 bits per heavy atom. The Hall–Kier alpha value is -0.770. The van der Waals surface area contributed by atoms with Gasteiger partial charge < -0.3 is 10.1 Å². The van der Waals surface area contributed by atoms with Gasteiger partial charge in [0.1, 0.15) is 0 Å². The molecule has 1 heterocycles. The Labute approximate surface area is 101 Å². The highest BCUT2D eigenvalue weighted by molar-refractivity contribution is 8.00. The molecule has 0 spiro atoms. The van der Waals surface area contributed by atoms with E-state index < -0.39 is 0 Å². The van der Waals surface area contributed by atoms with Gasteiger partial charge in [-0.15, -0.1) is 18.3 Å². The molecule has 0 radical (unpaired) electrons. The zero-order valence-electron chi connectivity index (χ0n) is 9.32. The maximum absolute atomic E-state index is 6.01. The average molecular weight is 235 g/mol. The molecule has 1 aliphatic rings. The van der Waals surface area contributed by atoms with Crippen molar-refractivity contribution in [3.8, 4) is 0 Å². The van der Waals surface area contributed by atoms with E-state index in [1.165, 1.54) is 5.56 Å². The Kier molecular flexibility index (Phi) is 4.04. The van der Waals surface area contributed by atoms with Gasteiger partial charge in [0.2, 0.25) is 0 Å². The lowest BCUT2D eigenvalue weighted by atomic mass is 10.1. The zero-order valence-corrected chi connectivity index (χ0v) is 10.1. The highest BCUT2D eigenvalue weighted by Gasteiger charge is 2.35. The summed E-state index contributed by atoms with van der Waals surface area (Å²) in [6.45, 7) is 6.33. The van der Waals surface area contributed by atoms with Crippen LogP contribution in [0.3, 0.4) is 0 Å². The van der Waals surface area contributed by atoms with Crippen molar-refractivity contribution in [3.63, 3.8) is 0 Å². The second-order valence-electron chi connectivity index (χ2n) is 3.74. The molecule has 2 nitrogen and oxygen atoms in total. The van der Waals surface area contributed by atoms with Crippen molar-refractivity contribution in [1.29, 1.82) is 0 Å². The van der Waals surface area contributed by atoms with Gasteiger partial charge in [-0.05, 0) is 5.56 Å². The van der Waals surface area contributed by atoms with Gasteiger partial charge in [0, 0.05) is 18.8 Å². The molecule has 1 aliphatic heterocycles. The Morgan fingerprint density at radius 1 is 1.44 bits per heavy atom. The topological polar surface area (TPSA) is 21.3 Å². The van der Waals surface area contributed by atoms with E-state index in [9.17, 15) is 0 Å². The summed E-state index contributed by atoms with van der Waals surface area (Å²) in [6, 6.07) is 10.4. The number of morpholine rings is 1. The van der Waals surface area contributed by atoms with Crippen molar-refractivity contribution in [2.24, 2.45) is 0 Å². The Balaban J connectivity index is 2.22. The average Bonchev–Trinajstić information content (AvgIpc) is 2.38. The van der Waals surface area contributed by atoms with Crippen molar-refractivity contribution in [3.05, 3.63) is 48.6 Å². The first-order valence-corrected chi connectivity index (χ1v) is 6.51. The van der Waals surface area contributed by atoms with Crippen molar-refractivity contribution in [2.45, 2.75) is 4.93 Å². The highest BCUT2D eigenvalue weighted by Crippen LogP contribution is 2.38. The quantitative estimate of drug-likeness (QED) is 0.810. The first-order chi connectivity index (χ1) is 7.87. The second-order valence-corrected chi connectivity index (χ2v) is 5.03. The van der Waals surface area contributed by atoms with Gasteiger partial charge in [0.25, 0.3) is 0 Å². The predicted octanol–water partition coefficient (Wildman–Crippen LogP) is 2.38. The molecular weight excluding hydrogens is 218 g/mol. The van der Waals surface area contributed by atoms with Crippen LogP contribution in [0.1, 0.15) is 5.56 Å². The third-order valence-electron chi connectivity index (χ3n) is 2.62. The lowest BCUT2D eigenvalue weighted by Crippen LogP contribution is -2.45. The molecule has 1 fully saturated rings. The molecule has 1 N–H and O–H groups in total.